The van der Waals surface area contributed by atoms with E-state index in [1.807, 2.05) is 24.3 Å². The van der Waals surface area contributed by atoms with Crippen LogP contribution < -0.4 is 0 Å². The zero-order chi connectivity index (χ0) is 13.0. The van der Waals surface area contributed by atoms with E-state index in [4.69, 9.17) is 5.21 Å². The molecule has 0 unspecified atom stereocenters. The first-order valence-electron chi connectivity index (χ1n) is 6.15. The summed E-state index contributed by atoms with van der Waals surface area (Å²) >= 11 is 1.82. The molecular formula is C16H11NOS. The molecule has 0 saturated heterocycles. The lowest BCUT2D eigenvalue weighted by atomic mass is 9.97. The molecule has 4 rings (SSSR count). The van der Waals surface area contributed by atoms with Crippen LogP contribution in [0.1, 0.15) is 12.5 Å². The van der Waals surface area contributed by atoms with Gasteiger partial charge in [0.05, 0.1) is 5.71 Å². The Morgan fingerprint density at radius 1 is 1.00 bits per heavy atom. The summed E-state index contributed by atoms with van der Waals surface area (Å²) in [4.78, 5) is 0. The SMILES string of the molecule is C/C(=N\O)c1ccc2sc3cccc4ccc1c2c43. The molecule has 0 atom stereocenters. The van der Waals surface area contributed by atoms with Gasteiger partial charge in [0.1, 0.15) is 0 Å². The van der Waals surface area contributed by atoms with E-state index in [2.05, 4.69) is 41.6 Å². The first-order valence-corrected chi connectivity index (χ1v) is 6.96. The standard InChI is InChI=1S/C16H11NOS/c1-9(17-18)11-7-8-14-16-12(11)6-5-10-3-2-4-13(19-14)15(10)16/h2-8,18H,1H3/b17-9+. The monoisotopic (exact) mass is 265 g/mol. The molecule has 0 radical (unpaired) electrons. The van der Waals surface area contributed by atoms with Crippen molar-refractivity contribution in [2.45, 2.75) is 6.92 Å². The minimum absolute atomic E-state index is 0.653. The average Bonchev–Trinajstić information content (AvgIpc) is 2.84. The summed E-state index contributed by atoms with van der Waals surface area (Å²) in [6.45, 7) is 1.83. The molecule has 4 aromatic rings. The van der Waals surface area contributed by atoms with E-state index in [9.17, 15) is 0 Å². The van der Waals surface area contributed by atoms with Gasteiger partial charge in [-0.15, -0.1) is 11.3 Å². The lowest BCUT2D eigenvalue weighted by Gasteiger charge is -2.07. The van der Waals surface area contributed by atoms with Gasteiger partial charge in [0.15, 0.2) is 0 Å². The zero-order valence-electron chi connectivity index (χ0n) is 10.3. The number of rotatable bonds is 1. The van der Waals surface area contributed by atoms with Crippen molar-refractivity contribution in [3.63, 3.8) is 0 Å². The quantitative estimate of drug-likeness (QED) is 0.227. The average molecular weight is 265 g/mol. The molecule has 1 heterocycles. The van der Waals surface area contributed by atoms with E-state index in [0.29, 0.717) is 5.71 Å². The Morgan fingerprint density at radius 3 is 2.68 bits per heavy atom. The summed E-state index contributed by atoms with van der Waals surface area (Å²) in [5.74, 6) is 0. The number of hydrogen-bond acceptors (Lipinski definition) is 3. The highest BCUT2D eigenvalue weighted by atomic mass is 32.1. The van der Waals surface area contributed by atoms with Gasteiger partial charge >= 0.3 is 0 Å². The summed E-state index contributed by atoms with van der Waals surface area (Å²) in [5, 5.41) is 17.4. The normalized spacial score (nSPS) is 13.0. The highest BCUT2D eigenvalue weighted by Crippen LogP contribution is 2.41. The highest BCUT2D eigenvalue weighted by Gasteiger charge is 2.14. The Morgan fingerprint density at radius 2 is 1.84 bits per heavy atom. The fourth-order valence-corrected chi connectivity index (χ4v) is 3.97. The molecule has 0 bridgehead atoms. The minimum Gasteiger partial charge on any atom is -0.411 e. The van der Waals surface area contributed by atoms with Crippen LogP contribution in [0.3, 0.4) is 0 Å². The van der Waals surface area contributed by atoms with Crippen LogP contribution >= 0.6 is 11.3 Å². The van der Waals surface area contributed by atoms with Crippen molar-refractivity contribution in [2.75, 3.05) is 0 Å². The topological polar surface area (TPSA) is 32.6 Å². The smallest absolute Gasteiger partial charge is 0.0843 e. The largest absolute Gasteiger partial charge is 0.411 e. The summed E-state index contributed by atoms with van der Waals surface area (Å²) in [6.07, 6.45) is 0. The van der Waals surface area contributed by atoms with Crippen molar-refractivity contribution in [2.24, 2.45) is 5.16 Å². The van der Waals surface area contributed by atoms with E-state index in [1.54, 1.807) is 0 Å². The van der Waals surface area contributed by atoms with Crippen molar-refractivity contribution >= 4 is 48.0 Å². The van der Waals surface area contributed by atoms with Crippen molar-refractivity contribution in [3.05, 3.63) is 48.0 Å². The van der Waals surface area contributed by atoms with Gasteiger partial charge in [-0.05, 0) is 29.8 Å². The second-order valence-corrected chi connectivity index (χ2v) is 5.82. The third kappa shape index (κ3) is 1.33. The minimum atomic E-state index is 0.653. The molecule has 92 valence electrons. The molecule has 0 aliphatic heterocycles. The first kappa shape index (κ1) is 10.8. The summed E-state index contributed by atoms with van der Waals surface area (Å²) in [7, 11) is 0. The highest BCUT2D eigenvalue weighted by molar-refractivity contribution is 7.26. The van der Waals surface area contributed by atoms with Crippen LogP contribution in [0.25, 0.3) is 30.9 Å². The molecule has 0 saturated carbocycles. The van der Waals surface area contributed by atoms with Crippen LogP contribution in [0.15, 0.2) is 47.6 Å². The van der Waals surface area contributed by atoms with Gasteiger partial charge in [-0.3, -0.25) is 0 Å². The Labute approximate surface area is 113 Å². The van der Waals surface area contributed by atoms with Crippen LogP contribution in [-0.4, -0.2) is 10.9 Å². The van der Waals surface area contributed by atoms with Crippen molar-refractivity contribution in [3.8, 4) is 0 Å². The fraction of sp³-hybridized carbons (Fsp3) is 0.0625. The van der Waals surface area contributed by atoms with Gasteiger partial charge < -0.3 is 5.21 Å². The van der Waals surface area contributed by atoms with Gasteiger partial charge in [-0.1, -0.05) is 35.5 Å². The number of benzene rings is 3. The molecule has 0 amide bonds. The Kier molecular flexibility index (Phi) is 2.09. The van der Waals surface area contributed by atoms with E-state index >= 15 is 0 Å². The van der Waals surface area contributed by atoms with Gasteiger partial charge in [0.2, 0.25) is 0 Å². The molecule has 0 aliphatic rings. The molecule has 1 N–H and O–H groups in total. The second kappa shape index (κ2) is 3.68. The van der Waals surface area contributed by atoms with E-state index in [0.717, 1.165) is 10.9 Å². The third-order valence-electron chi connectivity index (χ3n) is 3.71. The molecule has 2 nitrogen and oxygen atoms in total. The Bertz CT molecular complexity index is 936. The van der Waals surface area contributed by atoms with E-state index < -0.39 is 0 Å². The molecule has 3 heteroatoms. The van der Waals surface area contributed by atoms with E-state index in [1.165, 1.54) is 25.6 Å². The fourth-order valence-electron chi connectivity index (χ4n) is 2.82. The lowest BCUT2D eigenvalue weighted by molar-refractivity contribution is 0.319. The second-order valence-electron chi connectivity index (χ2n) is 4.74. The molecule has 19 heavy (non-hydrogen) atoms. The maximum absolute atomic E-state index is 9.03. The van der Waals surface area contributed by atoms with Crippen LogP contribution in [0.5, 0.6) is 0 Å². The van der Waals surface area contributed by atoms with Crippen LogP contribution in [-0.2, 0) is 0 Å². The van der Waals surface area contributed by atoms with Crippen molar-refractivity contribution < 1.29 is 5.21 Å². The van der Waals surface area contributed by atoms with Crippen molar-refractivity contribution in [1.29, 1.82) is 0 Å². The van der Waals surface area contributed by atoms with Gasteiger partial charge in [0.25, 0.3) is 0 Å². The van der Waals surface area contributed by atoms with Gasteiger partial charge in [0, 0.05) is 25.7 Å². The molecule has 0 spiro atoms. The predicted octanol–water partition coefficient (Wildman–Crippen LogP) is 4.84. The maximum Gasteiger partial charge on any atom is 0.0843 e. The summed E-state index contributed by atoms with van der Waals surface area (Å²) in [6, 6.07) is 14.8. The number of thiophene rings is 1. The summed E-state index contributed by atoms with van der Waals surface area (Å²) < 4.78 is 2.60. The molecule has 1 aromatic heterocycles. The number of nitrogens with zero attached hydrogens (tertiary/aromatic N) is 1. The summed E-state index contributed by atoms with van der Waals surface area (Å²) in [5.41, 5.74) is 1.65. The van der Waals surface area contributed by atoms with Gasteiger partial charge in [-0.2, -0.15) is 0 Å². The molecule has 0 fully saturated rings. The lowest BCUT2D eigenvalue weighted by Crippen LogP contribution is -1.95. The third-order valence-corrected chi connectivity index (χ3v) is 4.83. The van der Waals surface area contributed by atoms with Crippen LogP contribution in [0.2, 0.25) is 0 Å². The maximum atomic E-state index is 9.03. The predicted molar refractivity (Wildman–Crippen MR) is 82.0 cm³/mol. The van der Waals surface area contributed by atoms with Crippen LogP contribution in [0, 0.1) is 0 Å². The van der Waals surface area contributed by atoms with Gasteiger partial charge in [-0.25, -0.2) is 0 Å². The zero-order valence-corrected chi connectivity index (χ0v) is 11.2. The first-order chi connectivity index (χ1) is 9.29. The van der Waals surface area contributed by atoms with E-state index in [-0.39, 0.29) is 0 Å². The number of oxime groups is 1. The van der Waals surface area contributed by atoms with Crippen LogP contribution in [0.4, 0.5) is 0 Å². The Balaban J connectivity index is 2.31. The molecule has 3 aromatic carbocycles. The van der Waals surface area contributed by atoms with Crippen molar-refractivity contribution in [1.82, 2.24) is 0 Å². The molecular weight excluding hydrogens is 254 g/mol. The molecule has 0 aliphatic carbocycles. The number of hydrogen-bond donors (Lipinski definition) is 1. The Hall–Kier alpha value is -2.13.